The number of benzene rings is 3. The molecule has 0 unspecified atom stereocenters. The van der Waals surface area contributed by atoms with E-state index < -0.39 is 21.4 Å². The summed E-state index contributed by atoms with van der Waals surface area (Å²) in [6, 6.07) is 22.8. The van der Waals surface area contributed by atoms with Gasteiger partial charge in [0.1, 0.15) is 17.2 Å². The van der Waals surface area contributed by atoms with Crippen molar-refractivity contribution in [2.24, 2.45) is 0 Å². The Hall–Kier alpha value is -2.87. The minimum atomic E-state index is -0.608. The summed E-state index contributed by atoms with van der Waals surface area (Å²) < 4.78 is 34.2. The zero-order chi connectivity index (χ0) is 20.9. The van der Waals surface area contributed by atoms with Gasteiger partial charge in [-0.15, -0.1) is 0 Å². The zero-order valence-corrected chi connectivity index (χ0v) is 17.1. The molecule has 0 N–H and O–H groups in total. The van der Waals surface area contributed by atoms with Gasteiger partial charge in [0.05, 0.1) is 21.3 Å². The van der Waals surface area contributed by atoms with Gasteiger partial charge in [-0.1, -0.05) is 36.4 Å². The Bertz CT molecular complexity index is 817. The third-order valence-electron chi connectivity index (χ3n) is 4.91. The molecule has 0 amide bonds. The first kappa shape index (κ1) is 20.4. The Balaban J connectivity index is 1.63. The molecule has 0 spiro atoms. The van der Waals surface area contributed by atoms with Crippen LogP contribution in [0.3, 0.4) is 0 Å². The monoisotopic (exact) mass is 402 g/mol. The van der Waals surface area contributed by atoms with Crippen molar-refractivity contribution in [1.29, 1.82) is 0 Å². The smallest absolute Gasteiger partial charge is 0.467 e. The summed E-state index contributed by atoms with van der Waals surface area (Å²) in [7, 11) is 3.08. The van der Waals surface area contributed by atoms with Gasteiger partial charge in [-0.05, 0) is 52.8 Å². The molecule has 6 nitrogen and oxygen atoms in total. The van der Waals surface area contributed by atoms with Gasteiger partial charge in [-0.3, -0.25) is 0 Å². The molecular weight excluding hydrogens is 381 g/mol. The predicted molar refractivity (Wildman–Crippen MR) is 118 cm³/mol. The fourth-order valence-electron chi connectivity index (χ4n) is 3.19. The van der Waals surface area contributed by atoms with Crippen LogP contribution in [0.25, 0.3) is 0 Å². The van der Waals surface area contributed by atoms with E-state index in [2.05, 4.69) is 0 Å². The average molecular weight is 402 g/mol. The Kier molecular flexibility index (Phi) is 6.33. The maximum Gasteiger partial charge on any atom is 0.467 e. The van der Waals surface area contributed by atoms with E-state index >= 15 is 0 Å². The molecule has 3 aromatic carbocycles. The first-order valence-electron chi connectivity index (χ1n) is 9.58. The van der Waals surface area contributed by atoms with Crippen LogP contribution in [-0.4, -0.2) is 42.7 Å². The quantitative estimate of drug-likeness (QED) is 0.580. The van der Waals surface area contributed by atoms with Crippen LogP contribution in [0.1, 0.15) is 0 Å². The highest BCUT2D eigenvalue weighted by Crippen LogP contribution is 2.15. The van der Waals surface area contributed by atoms with E-state index in [0.717, 1.165) is 33.6 Å². The molecule has 1 saturated heterocycles. The Morgan fingerprint density at radius 2 is 0.667 bits per heavy atom. The summed E-state index contributed by atoms with van der Waals surface area (Å²) in [5.41, 5.74) is 2.61. The molecule has 4 rings (SSSR count). The van der Waals surface area contributed by atoms with Gasteiger partial charge in [0.2, 0.25) is 0 Å². The molecule has 150 valence electrons. The zero-order valence-electron chi connectivity index (χ0n) is 17.1. The molecule has 1 aliphatic heterocycles. The van der Waals surface area contributed by atoms with Crippen LogP contribution in [0.4, 0.5) is 0 Å². The third kappa shape index (κ3) is 4.48. The molecule has 1 heterocycles. The maximum atomic E-state index is 6.15. The number of ether oxygens (including phenoxy) is 3. The summed E-state index contributed by atoms with van der Waals surface area (Å²) in [4.78, 5) is 0. The van der Waals surface area contributed by atoms with Gasteiger partial charge in [-0.25, -0.2) is 0 Å². The van der Waals surface area contributed by atoms with E-state index in [4.69, 9.17) is 27.9 Å². The fraction of sp³-hybridized carbons (Fsp3) is 0.143. The summed E-state index contributed by atoms with van der Waals surface area (Å²) >= 11 is 0. The fourth-order valence-corrected chi connectivity index (χ4v) is 3.19. The number of hydrogen-bond donors (Lipinski definition) is 0. The second-order valence-electron chi connectivity index (χ2n) is 6.72. The first-order valence-corrected chi connectivity index (χ1v) is 9.58. The summed E-state index contributed by atoms with van der Waals surface area (Å²) in [6.45, 7) is 0. The van der Waals surface area contributed by atoms with Gasteiger partial charge in [0, 0.05) is 0 Å². The van der Waals surface area contributed by atoms with Gasteiger partial charge in [-0.2, -0.15) is 0 Å². The minimum absolute atomic E-state index is 0.608. The molecule has 0 bridgehead atoms. The topological polar surface area (TPSA) is 55.4 Å². The van der Waals surface area contributed by atoms with E-state index in [1.165, 1.54) is 0 Å². The SMILES string of the molecule is COc1ccc(B2OB(c3ccc(OC)cc3)OB(c3ccc(OC)cc3)O2)cc1. The number of hydrogen-bond acceptors (Lipinski definition) is 6. The van der Waals surface area contributed by atoms with Gasteiger partial charge in [0.15, 0.2) is 0 Å². The van der Waals surface area contributed by atoms with Crippen molar-refractivity contribution in [3.63, 3.8) is 0 Å². The molecule has 3 aromatic rings. The van der Waals surface area contributed by atoms with Gasteiger partial charge in [0.25, 0.3) is 0 Å². The normalized spacial score (nSPS) is 13.9. The lowest BCUT2D eigenvalue weighted by molar-refractivity contribution is 0.308. The summed E-state index contributed by atoms with van der Waals surface area (Å²) in [5.74, 6) is 2.30. The highest BCUT2D eigenvalue weighted by Gasteiger charge is 2.43. The van der Waals surface area contributed by atoms with Crippen LogP contribution in [0.15, 0.2) is 72.8 Å². The van der Waals surface area contributed by atoms with E-state index in [1.54, 1.807) is 21.3 Å². The van der Waals surface area contributed by atoms with E-state index in [-0.39, 0.29) is 0 Å². The molecule has 9 heteroatoms. The molecule has 1 fully saturated rings. The largest absolute Gasteiger partial charge is 0.497 e. The summed E-state index contributed by atoms with van der Waals surface area (Å²) in [5, 5.41) is 0. The standard InChI is InChI=1S/C21H21B3O6/c1-25-19-10-4-16(5-11-19)22-28-23(17-6-12-20(26-2)13-7-17)30-24(29-22)18-8-14-21(27-3)15-9-18/h4-15H,1-3H3. The van der Waals surface area contributed by atoms with Crippen LogP contribution in [0.2, 0.25) is 0 Å². The van der Waals surface area contributed by atoms with E-state index in [1.807, 2.05) is 72.8 Å². The van der Waals surface area contributed by atoms with Crippen molar-refractivity contribution in [2.45, 2.75) is 0 Å². The molecule has 0 aromatic heterocycles. The molecule has 0 aliphatic carbocycles. The molecular formula is C21H21B3O6. The predicted octanol–water partition coefficient (Wildman–Crippen LogP) is 1.26. The van der Waals surface area contributed by atoms with Gasteiger partial charge < -0.3 is 27.9 Å². The maximum absolute atomic E-state index is 6.15. The lowest BCUT2D eigenvalue weighted by Crippen LogP contribution is -2.61. The molecule has 0 atom stereocenters. The van der Waals surface area contributed by atoms with Crippen molar-refractivity contribution < 1.29 is 27.9 Å². The molecule has 30 heavy (non-hydrogen) atoms. The Labute approximate surface area is 177 Å². The lowest BCUT2D eigenvalue weighted by atomic mass is 9.61. The van der Waals surface area contributed by atoms with E-state index in [0.29, 0.717) is 0 Å². The van der Waals surface area contributed by atoms with Crippen molar-refractivity contribution in [3.05, 3.63) is 72.8 Å². The third-order valence-corrected chi connectivity index (χ3v) is 4.91. The summed E-state index contributed by atoms with van der Waals surface area (Å²) in [6.07, 6.45) is 0. The second-order valence-corrected chi connectivity index (χ2v) is 6.72. The van der Waals surface area contributed by atoms with Crippen molar-refractivity contribution in [2.75, 3.05) is 21.3 Å². The van der Waals surface area contributed by atoms with Crippen molar-refractivity contribution in [1.82, 2.24) is 0 Å². The van der Waals surface area contributed by atoms with Gasteiger partial charge >= 0.3 is 21.4 Å². The van der Waals surface area contributed by atoms with Crippen LogP contribution in [0, 0.1) is 0 Å². The highest BCUT2D eigenvalue weighted by molar-refractivity contribution is 6.87. The molecule has 0 saturated carbocycles. The van der Waals surface area contributed by atoms with Crippen LogP contribution >= 0.6 is 0 Å². The molecule has 0 radical (unpaired) electrons. The average Bonchev–Trinajstić information content (AvgIpc) is 2.84. The first-order chi connectivity index (χ1) is 14.7. The number of methoxy groups -OCH3 is 3. The Morgan fingerprint density at radius 1 is 0.433 bits per heavy atom. The van der Waals surface area contributed by atoms with Crippen LogP contribution in [0.5, 0.6) is 17.2 Å². The lowest BCUT2D eigenvalue weighted by Gasteiger charge is -2.31. The van der Waals surface area contributed by atoms with Crippen molar-refractivity contribution in [3.8, 4) is 17.2 Å². The van der Waals surface area contributed by atoms with Crippen LogP contribution < -0.4 is 30.6 Å². The van der Waals surface area contributed by atoms with Crippen LogP contribution in [-0.2, 0) is 13.7 Å². The Morgan fingerprint density at radius 3 is 0.867 bits per heavy atom. The molecule has 1 aliphatic rings. The van der Waals surface area contributed by atoms with Crippen molar-refractivity contribution >= 4 is 37.7 Å². The highest BCUT2D eigenvalue weighted by atomic mass is 16.7. The minimum Gasteiger partial charge on any atom is -0.497 e. The number of rotatable bonds is 6. The second kappa shape index (κ2) is 9.30. The van der Waals surface area contributed by atoms with E-state index in [9.17, 15) is 0 Å².